The van der Waals surface area contributed by atoms with Crippen molar-refractivity contribution >= 4 is 11.7 Å². The lowest BCUT2D eigenvalue weighted by atomic mass is 9.93. The molecule has 2 saturated heterocycles. The van der Waals surface area contributed by atoms with E-state index in [2.05, 4.69) is 20.4 Å². The minimum atomic E-state index is -0.315. The average Bonchev–Trinajstić information content (AvgIpc) is 2.69. The van der Waals surface area contributed by atoms with Crippen LogP contribution in [0.1, 0.15) is 18.0 Å². The summed E-state index contributed by atoms with van der Waals surface area (Å²) in [5.74, 6) is -0.442. The van der Waals surface area contributed by atoms with Crippen molar-refractivity contribution in [1.29, 1.82) is 0 Å². The number of amides is 1. The SMILES string of the molecule is O=C1CC(c2ccccc2)NC(=O)C1=CNCCN1CCN(CCO)CC1. The highest BCUT2D eigenvalue weighted by atomic mass is 16.3. The summed E-state index contributed by atoms with van der Waals surface area (Å²) in [5.41, 5.74) is 1.15. The van der Waals surface area contributed by atoms with E-state index >= 15 is 0 Å². The first-order valence-electron chi connectivity index (χ1n) is 9.55. The minimum Gasteiger partial charge on any atom is -0.395 e. The summed E-state index contributed by atoms with van der Waals surface area (Å²) in [6, 6.07) is 9.32. The first-order valence-corrected chi connectivity index (χ1v) is 9.55. The van der Waals surface area contributed by atoms with Gasteiger partial charge in [0.1, 0.15) is 0 Å². The fourth-order valence-electron chi connectivity index (χ4n) is 3.52. The molecule has 2 aliphatic heterocycles. The van der Waals surface area contributed by atoms with Crippen molar-refractivity contribution in [2.75, 3.05) is 52.4 Å². The molecule has 1 aromatic rings. The van der Waals surface area contributed by atoms with Crippen LogP contribution < -0.4 is 10.6 Å². The molecular weight excluding hydrogens is 344 g/mol. The molecule has 0 spiro atoms. The molecular formula is C20H28N4O3. The lowest BCUT2D eigenvalue weighted by Gasteiger charge is -2.34. The molecule has 0 aliphatic carbocycles. The van der Waals surface area contributed by atoms with E-state index < -0.39 is 0 Å². The van der Waals surface area contributed by atoms with Crippen LogP contribution in [0.4, 0.5) is 0 Å². The first-order chi connectivity index (χ1) is 13.2. The van der Waals surface area contributed by atoms with Crippen LogP contribution in [0.3, 0.4) is 0 Å². The highest BCUT2D eigenvalue weighted by Crippen LogP contribution is 2.23. The zero-order valence-corrected chi connectivity index (χ0v) is 15.6. The van der Waals surface area contributed by atoms with Crippen molar-refractivity contribution in [3.8, 4) is 0 Å². The lowest BCUT2D eigenvalue weighted by molar-refractivity contribution is -0.126. The van der Waals surface area contributed by atoms with E-state index in [1.165, 1.54) is 0 Å². The number of benzene rings is 1. The van der Waals surface area contributed by atoms with Crippen molar-refractivity contribution in [1.82, 2.24) is 20.4 Å². The molecule has 0 bridgehead atoms. The van der Waals surface area contributed by atoms with Crippen molar-refractivity contribution in [3.05, 3.63) is 47.7 Å². The van der Waals surface area contributed by atoms with E-state index in [1.54, 1.807) is 6.20 Å². The summed E-state index contributed by atoms with van der Waals surface area (Å²) < 4.78 is 0. The Hall–Kier alpha value is -2.22. The van der Waals surface area contributed by atoms with Gasteiger partial charge in [0.25, 0.3) is 5.91 Å². The Balaban J connectivity index is 1.43. The first kappa shape index (κ1) is 19.5. The van der Waals surface area contributed by atoms with Gasteiger partial charge < -0.3 is 15.7 Å². The highest BCUT2D eigenvalue weighted by molar-refractivity contribution is 6.21. The predicted octanol–water partition coefficient (Wildman–Crippen LogP) is -0.0999. The molecule has 1 aromatic carbocycles. The zero-order valence-electron chi connectivity index (χ0n) is 15.6. The second kappa shape index (κ2) is 9.64. The Labute approximate surface area is 160 Å². The van der Waals surface area contributed by atoms with Crippen molar-refractivity contribution < 1.29 is 14.7 Å². The van der Waals surface area contributed by atoms with Crippen LogP contribution in [0.5, 0.6) is 0 Å². The molecule has 2 fully saturated rings. The fourth-order valence-corrected chi connectivity index (χ4v) is 3.52. The fraction of sp³-hybridized carbons (Fsp3) is 0.500. The maximum absolute atomic E-state index is 12.4. The molecule has 3 rings (SSSR count). The molecule has 3 N–H and O–H groups in total. The number of aliphatic hydroxyl groups excluding tert-OH is 1. The largest absolute Gasteiger partial charge is 0.395 e. The number of β-amino-alcohol motifs (C(OH)–C–C–N with tert-alkyl or cyclic N) is 1. The number of piperazine rings is 1. The lowest BCUT2D eigenvalue weighted by Crippen LogP contribution is -2.48. The topological polar surface area (TPSA) is 84.9 Å². The number of Topliss-reactive ketones (excluding diaryl/α,β-unsaturated/α-hetero) is 1. The molecule has 0 aromatic heterocycles. The maximum Gasteiger partial charge on any atom is 0.256 e. The molecule has 2 aliphatic rings. The number of piperidine rings is 1. The summed E-state index contributed by atoms with van der Waals surface area (Å²) in [7, 11) is 0. The Kier molecular flexibility index (Phi) is 6.98. The van der Waals surface area contributed by atoms with Gasteiger partial charge in [0.15, 0.2) is 5.78 Å². The van der Waals surface area contributed by atoms with Crippen LogP contribution in [0.25, 0.3) is 0 Å². The summed E-state index contributed by atoms with van der Waals surface area (Å²) in [4.78, 5) is 29.3. The number of hydrogen-bond donors (Lipinski definition) is 3. The van der Waals surface area contributed by atoms with Gasteiger partial charge in [-0.15, -0.1) is 0 Å². The number of nitrogens with zero attached hydrogens (tertiary/aromatic N) is 2. The predicted molar refractivity (Wildman–Crippen MR) is 103 cm³/mol. The number of hydrogen-bond acceptors (Lipinski definition) is 6. The standard InChI is InChI=1S/C20H28N4O3/c25-13-12-24-10-8-23(9-11-24)7-6-21-15-17-19(26)14-18(22-20(17)27)16-4-2-1-3-5-16/h1-5,15,18,21,25H,6-14H2,(H,22,27). The van der Waals surface area contributed by atoms with Gasteiger partial charge in [-0.3, -0.25) is 19.4 Å². The molecule has 7 heteroatoms. The normalized spacial score (nSPS) is 23.4. The smallest absolute Gasteiger partial charge is 0.256 e. The van der Waals surface area contributed by atoms with Gasteiger partial charge in [0, 0.05) is 58.4 Å². The second-order valence-electron chi connectivity index (χ2n) is 6.98. The molecule has 1 atom stereocenters. The summed E-state index contributed by atoms with van der Waals surface area (Å²) in [6.45, 7) is 6.35. The Bertz CT molecular complexity index is 649. The zero-order chi connectivity index (χ0) is 19.1. The number of ketones is 1. The monoisotopic (exact) mass is 372 g/mol. The van der Waals surface area contributed by atoms with E-state index in [-0.39, 0.29) is 36.3 Å². The van der Waals surface area contributed by atoms with Crippen molar-refractivity contribution in [2.24, 2.45) is 0 Å². The van der Waals surface area contributed by atoms with Gasteiger partial charge in [-0.05, 0) is 5.56 Å². The number of carbonyl (C=O) groups is 2. The third kappa shape index (κ3) is 5.38. The molecule has 0 radical (unpaired) electrons. The number of rotatable bonds is 7. The maximum atomic E-state index is 12.4. The van der Waals surface area contributed by atoms with Gasteiger partial charge in [0.05, 0.1) is 18.2 Å². The van der Waals surface area contributed by atoms with Gasteiger partial charge >= 0.3 is 0 Å². The summed E-state index contributed by atoms with van der Waals surface area (Å²) in [5, 5.41) is 15.0. The Morgan fingerprint density at radius 1 is 1.07 bits per heavy atom. The molecule has 146 valence electrons. The van der Waals surface area contributed by atoms with E-state index in [0.29, 0.717) is 6.54 Å². The summed E-state index contributed by atoms with van der Waals surface area (Å²) in [6.07, 6.45) is 1.84. The van der Waals surface area contributed by atoms with E-state index in [9.17, 15) is 9.59 Å². The summed E-state index contributed by atoms with van der Waals surface area (Å²) >= 11 is 0. The van der Waals surface area contributed by atoms with Gasteiger partial charge in [-0.1, -0.05) is 30.3 Å². The van der Waals surface area contributed by atoms with Crippen LogP contribution in [0, 0.1) is 0 Å². The van der Waals surface area contributed by atoms with E-state index in [0.717, 1.165) is 44.8 Å². The Morgan fingerprint density at radius 2 is 1.74 bits per heavy atom. The average molecular weight is 372 g/mol. The number of aliphatic hydroxyl groups is 1. The second-order valence-corrected chi connectivity index (χ2v) is 6.98. The van der Waals surface area contributed by atoms with Crippen LogP contribution in [0.2, 0.25) is 0 Å². The van der Waals surface area contributed by atoms with Crippen LogP contribution >= 0.6 is 0 Å². The van der Waals surface area contributed by atoms with Crippen molar-refractivity contribution in [2.45, 2.75) is 12.5 Å². The third-order valence-corrected chi connectivity index (χ3v) is 5.14. The molecule has 1 unspecified atom stereocenters. The van der Waals surface area contributed by atoms with E-state index in [1.807, 2.05) is 30.3 Å². The van der Waals surface area contributed by atoms with Gasteiger partial charge in [-0.25, -0.2) is 0 Å². The van der Waals surface area contributed by atoms with Crippen molar-refractivity contribution in [3.63, 3.8) is 0 Å². The van der Waals surface area contributed by atoms with Crippen LogP contribution in [0.15, 0.2) is 42.1 Å². The molecule has 2 heterocycles. The third-order valence-electron chi connectivity index (χ3n) is 5.14. The molecule has 27 heavy (non-hydrogen) atoms. The van der Waals surface area contributed by atoms with Gasteiger partial charge in [-0.2, -0.15) is 0 Å². The molecule has 0 saturated carbocycles. The quantitative estimate of drug-likeness (QED) is 0.352. The number of nitrogens with one attached hydrogen (secondary N) is 2. The van der Waals surface area contributed by atoms with Crippen LogP contribution in [-0.2, 0) is 9.59 Å². The molecule has 1 amide bonds. The Morgan fingerprint density at radius 3 is 2.37 bits per heavy atom. The van der Waals surface area contributed by atoms with Crippen LogP contribution in [-0.4, -0.2) is 79.0 Å². The molecule has 7 nitrogen and oxygen atoms in total. The van der Waals surface area contributed by atoms with Gasteiger partial charge in [0.2, 0.25) is 0 Å². The number of carbonyl (C=O) groups excluding carboxylic acids is 2. The van der Waals surface area contributed by atoms with E-state index in [4.69, 9.17) is 5.11 Å². The highest BCUT2D eigenvalue weighted by Gasteiger charge is 2.30. The minimum absolute atomic E-state index is 0.127.